The molecule has 0 aliphatic heterocycles. The Bertz CT molecular complexity index is 352. The van der Waals surface area contributed by atoms with E-state index in [-0.39, 0.29) is 11.6 Å². The molecule has 3 nitrogen and oxygen atoms in total. The van der Waals surface area contributed by atoms with Gasteiger partial charge in [0.05, 0.1) is 5.56 Å². The molecule has 14 heavy (non-hydrogen) atoms. The van der Waals surface area contributed by atoms with E-state index in [1.807, 2.05) is 0 Å². The number of aromatic carboxylic acids is 1. The first kappa shape index (κ1) is 10.7. The van der Waals surface area contributed by atoms with Gasteiger partial charge < -0.3 is 10.4 Å². The number of halogens is 1. The zero-order chi connectivity index (χ0) is 10.7. The molecule has 0 aliphatic rings. The van der Waals surface area contributed by atoms with Gasteiger partial charge in [0, 0.05) is 11.6 Å². The standard InChI is InChI=1S/C10H12FNO2/c1-6(12-2)8-4-3-7(10(13)14)5-9(8)11/h3-6,12H,1-2H3,(H,13,14)/t6-/m0/s1. The number of carbonyl (C=O) groups is 1. The van der Waals surface area contributed by atoms with Crippen molar-refractivity contribution in [3.05, 3.63) is 35.1 Å². The molecule has 2 N–H and O–H groups in total. The zero-order valence-electron chi connectivity index (χ0n) is 8.04. The van der Waals surface area contributed by atoms with Crippen LogP contribution in [0.15, 0.2) is 18.2 Å². The maximum atomic E-state index is 13.3. The lowest BCUT2D eigenvalue weighted by molar-refractivity contribution is 0.0696. The van der Waals surface area contributed by atoms with Gasteiger partial charge in [-0.1, -0.05) is 6.07 Å². The summed E-state index contributed by atoms with van der Waals surface area (Å²) in [6, 6.07) is 3.79. The number of nitrogens with one attached hydrogen (secondary N) is 1. The van der Waals surface area contributed by atoms with Crippen LogP contribution in [-0.2, 0) is 0 Å². The first-order valence-corrected chi connectivity index (χ1v) is 4.26. The molecule has 1 atom stereocenters. The van der Waals surface area contributed by atoms with Crippen LogP contribution in [0.5, 0.6) is 0 Å². The van der Waals surface area contributed by atoms with E-state index in [0.717, 1.165) is 6.07 Å². The summed E-state index contributed by atoms with van der Waals surface area (Å²) in [7, 11) is 1.72. The monoisotopic (exact) mass is 197 g/mol. The van der Waals surface area contributed by atoms with Crippen LogP contribution in [0.25, 0.3) is 0 Å². The van der Waals surface area contributed by atoms with Gasteiger partial charge >= 0.3 is 5.97 Å². The van der Waals surface area contributed by atoms with E-state index in [0.29, 0.717) is 5.56 Å². The predicted octanol–water partition coefficient (Wildman–Crippen LogP) is 1.80. The number of carboxylic acid groups (broad SMARTS) is 1. The van der Waals surface area contributed by atoms with Crippen molar-refractivity contribution in [1.82, 2.24) is 5.32 Å². The lowest BCUT2D eigenvalue weighted by Crippen LogP contribution is -2.14. The summed E-state index contributed by atoms with van der Waals surface area (Å²) < 4.78 is 13.3. The minimum absolute atomic E-state index is 0.0328. The van der Waals surface area contributed by atoms with Crippen LogP contribution in [0.3, 0.4) is 0 Å². The number of hydrogen-bond acceptors (Lipinski definition) is 2. The average Bonchev–Trinajstić information content (AvgIpc) is 2.16. The molecule has 0 bridgehead atoms. The fourth-order valence-electron chi connectivity index (χ4n) is 1.17. The van der Waals surface area contributed by atoms with Crippen LogP contribution in [0.2, 0.25) is 0 Å². The largest absolute Gasteiger partial charge is 0.478 e. The van der Waals surface area contributed by atoms with E-state index in [1.165, 1.54) is 12.1 Å². The van der Waals surface area contributed by atoms with Crippen molar-refractivity contribution in [3.8, 4) is 0 Å². The van der Waals surface area contributed by atoms with Gasteiger partial charge in [0.1, 0.15) is 5.82 Å². The van der Waals surface area contributed by atoms with Gasteiger partial charge in [-0.3, -0.25) is 0 Å². The Morgan fingerprint density at radius 3 is 2.64 bits per heavy atom. The minimum atomic E-state index is -1.12. The molecular formula is C10H12FNO2. The Morgan fingerprint density at radius 1 is 1.57 bits per heavy atom. The highest BCUT2D eigenvalue weighted by molar-refractivity contribution is 5.87. The summed E-state index contributed by atoms with van der Waals surface area (Å²) in [5.74, 6) is -1.61. The summed E-state index contributed by atoms with van der Waals surface area (Å²) in [6.45, 7) is 1.80. The first-order chi connectivity index (χ1) is 6.56. The average molecular weight is 197 g/mol. The fourth-order valence-corrected chi connectivity index (χ4v) is 1.17. The molecule has 0 radical (unpaired) electrons. The number of hydrogen-bond donors (Lipinski definition) is 2. The van der Waals surface area contributed by atoms with E-state index in [4.69, 9.17) is 5.11 Å². The molecule has 1 rings (SSSR count). The molecule has 0 aromatic heterocycles. The van der Waals surface area contributed by atoms with Crippen molar-refractivity contribution in [2.45, 2.75) is 13.0 Å². The lowest BCUT2D eigenvalue weighted by Gasteiger charge is -2.11. The molecule has 76 valence electrons. The summed E-state index contributed by atoms with van der Waals surface area (Å²) >= 11 is 0. The van der Waals surface area contributed by atoms with Crippen molar-refractivity contribution < 1.29 is 14.3 Å². The minimum Gasteiger partial charge on any atom is -0.478 e. The van der Waals surface area contributed by atoms with Gasteiger partial charge in [0.2, 0.25) is 0 Å². The second-order valence-electron chi connectivity index (χ2n) is 3.05. The summed E-state index contributed by atoms with van der Waals surface area (Å²) in [6.07, 6.45) is 0. The van der Waals surface area contributed by atoms with Gasteiger partial charge in [0.25, 0.3) is 0 Å². The molecule has 0 saturated carbocycles. The predicted molar refractivity (Wildman–Crippen MR) is 50.8 cm³/mol. The summed E-state index contributed by atoms with van der Waals surface area (Å²) in [4.78, 5) is 10.5. The van der Waals surface area contributed by atoms with Crippen LogP contribution in [0, 0.1) is 5.82 Å². The quantitative estimate of drug-likeness (QED) is 0.776. The van der Waals surface area contributed by atoms with E-state index in [9.17, 15) is 9.18 Å². The molecule has 0 fully saturated rings. The van der Waals surface area contributed by atoms with Crippen molar-refractivity contribution in [2.75, 3.05) is 7.05 Å². The first-order valence-electron chi connectivity index (χ1n) is 4.26. The van der Waals surface area contributed by atoms with Crippen LogP contribution in [0.1, 0.15) is 28.9 Å². The van der Waals surface area contributed by atoms with Gasteiger partial charge in [0.15, 0.2) is 0 Å². The summed E-state index contributed by atoms with van der Waals surface area (Å²) in [5.41, 5.74) is 0.437. The molecule has 0 heterocycles. The molecule has 1 aromatic carbocycles. The van der Waals surface area contributed by atoms with E-state index >= 15 is 0 Å². The topological polar surface area (TPSA) is 49.3 Å². The van der Waals surface area contributed by atoms with Crippen LogP contribution >= 0.6 is 0 Å². The van der Waals surface area contributed by atoms with Crippen LogP contribution < -0.4 is 5.32 Å². The third kappa shape index (κ3) is 2.09. The number of benzene rings is 1. The van der Waals surface area contributed by atoms with E-state index in [2.05, 4.69) is 5.32 Å². The van der Waals surface area contributed by atoms with Crippen LogP contribution in [-0.4, -0.2) is 18.1 Å². The Balaban J connectivity index is 3.07. The molecule has 0 spiro atoms. The SMILES string of the molecule is CN[C@@H](C)c1ccc(C(=O)O)cc1F. The second kappa shape index (κ2) is 4.19. The van der Waals surface area contributed by atoms with Crippen molar-refractivity contribution in [1.29, 1.82) is 0 Å². The highest BCUT2D eigenvalue weighted by Crippen LogP contribution is 2.17. The van der Waals surface area contributed by atoms with E-state index < -0.39 is 11.8 Å². The lowest BCUT2D eigenvalue weighted by atomic mass is 10.1. The van der Waals surface area contributed by atoms with Crippen molar-refractivity contribution >= 4 is 5.97 Å². The highest BCUT2D eigenvalue weighted by atomic mass is 19.1. The smallest absolute Gasteiger partial charge is 0.335 e. The second-order valence-corrected chi connectivity index (χ2v) is 3.05. The highest BCUT2D eigenvalue weighted by Gasteiger charge is 2.11. The molecule has 0 amide bonds. The molecule has 0 saturated heterocycles. The Kier molecular flexibility index (Phi) is 3.19. The number of rotatable bonds is 3. The van der Waals surface area contributed by atoms with Gasteiger partial charge in [-0.05, 0) is 26.1 Å². The maximum Gasteiger partial charge on any atom is 0.335 e. The van der Waals surface area contributed by atoms with Gasteiger partial charge in [-0.25, -0.2) is 9.18 Å². The third-order valence-corrected chi connectivity index (χ3v) is 2.15. The number of carboxylic acids is 1. The summed E-state index contributed by atoms with van der Waals surface area (Å²) in [5, 5.41) is 11.5. The molecule has 0 unspecified atom stereocenters. The van der Waals surface area contributed by atoms with Gasteiger partial charge in [-0.2, -0.15) is 0 Å². The van der Waals surface area contributed by atoms with Crippen molar-refractivity contribution in [2.24, 2.45) is 0 Å². The third-order valence-electron chi connectivity index (χ3n) is 2.15. The Hall–Kier alpha value is -1.42. The maximum absolute atomic E-state index is 13.3. The normalized spacial score (nSPS) is 12.5. The van der Waals surface area contributed by atoms with Crippen LogP contribution in [0.4, 0.5) is 4.39 Å². The molecule has 0 aliphatic carbocycles. The fraction of sp³-hybridized carbons (Fsp3) is 0.300. The molecule has 1 aromatic rings. The zero-order valence-corrected chi connectivity index (χ0v) is 8.04. The van der Waals surface area contributed by atoms with Crippen molar-refractivity contribution in [3.63, 3.8) is 0 Å². The van der Waals surface area contributed by atoms with Gasteiger partial charge in [-0.15, -0.1) is 0 Å². The molecular weight excluding hydrogens is 185 g/mol. The Morgan fingerprint density at radius 2 is 2.21 bits per heavy atom. The van der Waals surface area contributed by atoms with E-state index in [1.54, 1.807) is 14.0 Å². The molecule has 4 heteroatoms. The Labute approximate surface area is 81.6 Å².